The van der Waals surface area contributed by atoms with Gasteiger partial charge in [0.25, 0.3) is 5.56 Å². The lowest BCUT2D eigenvalue weighted by Gasteiger charge is -2.23. The molecule has 0 fully saturated rings. The zero-order chi connectivity index (χ0) is 36.2. The van der Waals surface area contributed by atoms with Gasteiger partial charge in [0.2, 0.25) is 15.9 Å². The molecule has 4 N–H and O–H groups in total. The minimum atomic E-state index is -3.80. The topological polar surface area (TPSA) is 190 Å². The van der Waals surface area contributed by atoms with E-state index in [9.17, 15) is 31.9 Å². The maximum atomic E-state index is 14.5. The molecule has 0 aliphatic carbocycles. The Balaban J connectivity index is 1.44. The van der Waals surface area contributed by atoms with Gasteiger partial charge in [0.05, 0.1) is 56.9 Å². The molecule has 51 heavy (non-hydrogen) atoms. The number of nitrogens with zero attached hydrogens (tertiary/aromatic N) is 6. The van der Waals surface area contributed by atoms with Crippen molar-refractivity contribution >= 4 is 66.2 Å². The average Bonchev–Trinajstić information content (AvgIpc) is 3.59. The van der Waals surface area contributed by atoms with E-state index in [1.807, 2.05) is 0 Å². The highest BCUT2D eigenvalue weighted by molar-refractivity contribution is 7.92. The smallest absolute Gasteiger partial charge is 0.267 e. The lowest BCUT2D eigenvalue weighted by atomic mass is 10.0. The molecular weight excluding hydrogens is 708 g/mol. The van der Waals surface area contributed by atoms with Crippen LogP contribution in [0.1, 0.15) is 23.1 Å². The number of rotatable bonds is 9. The second kappa shape index (κ2) is 12.7. The predicted molar refractivity (Wildman–Crippen MR) is 185 cm³/mol. The highest BCUT2D eigenvalue weighted by Crippen LogP contribution is 2.35. The maximum absolute atomic E-state index is 14.5. The standard InChI is InChI=1S/C33H26ClF2N9O5S/c1-44-29-26(8-6-22(34)28(29)31(42-44)43-51(2,49)50)45-32(39-30-20(33(45)48)4-3-9-37-30)25(12-16-10-17(35)13-18(36)11-16)38-27(47)15-24-21-14-19(46)5-7-23(21)40-41-24/h3-11,13-14,25,46H,12,15H2,1-2H3,(H,38,47)(H,40,41)(H,42,43). The molecule has 1 amide bonds. The quantitative estimate of drug-likeness (QED) is 0.169. The Kier molecular flexibility index (Phi) is 8.39. The summed E-state index contributed by atoms with van der Waals surface area (Å²) in [5.41, 5.74) is 0.808. The first-order valence-electron chi connectivity index (χ1n) is 15.2. The van der Waals surface area contributed by atoms with E-state index in [1.54, 1.807) is 12.1 Å². The van der Waals surface area contributed by atoms with Gasteiger partial charge in [-0.05, 0) is 60.2 Å². The molecule has 1 atom stereocenters. The number of anilines is 1. The lowest BCUT2D eigenvalue weighted by Crippen LogP contribution is -2.36. The second-order valence-corrected chi connectivity index (χ2v) is 14.0. The third kappa shape index (κ3) is 6.55. The fraction of sp³-hybridized carbons (Fsp3) is 0.152. The van der Waals surface area contributed by atoms with Crippen molar-refractivity contribution in [2.24, 2.45) is 7.05 Å². The third-order valence-electron chi connectivity index (χ3n) is 8.07. The van der Waals surface area contributed by atoms with Crippen molar-refractivity contribution < 1.29 is 27.1 Å². The Morgan fingerprint density at radius 2 is 1.84 bits per heavy atom. The van der Waals surface area contributed by atoms with Crippen LogP contribution in [0.3, 0.4) is 0 Å². The van der Waals surface area contributed by atoms with Gasteiger partial charge in [0, 0.05) is 31.1 Å². The number of benzene rings is 3. The van der Waals surface area contributed by atoms with Crippen LogP contribution in [0.2, 0.25) is 5.02 Å². The molecule has 18 heteroatoms. The fourth-order valence-corrected chi connectivity index (χ4v) is 6.78. The molecule has 7 rings (SSSR count). The van der Waals surface area contributed by atoms with Crippen LogP contribution in [0, 0.1) is 11.6 Å². The van der Waals surface area contributed by atoms with E-state index in [4.69, 9.17) is 16.6 Å². The molecule has 3 aromatic carbocycles. The molecule has 0 spiro atoms. The number of aromatic nitrogens is 7. The number of aromatic hydroxyl groups is 1. The van der Waals surface area contributed by atoms with Crippen LogP contribution < -0.4 is 15.6 Å². The van der Waals surface area contributed by atoms with E-state index in [2.05, 4.69) is 30.3 Å². The van der Waals surface area contributed by atoms with Crippen molar-refractivity contribution in [1.82, 2.24) is 39.8 Å². The van der Waals surface area contributed by atoms with Crippen LogP contribution in [0.4, 0.5) is 14.6 Å². The molecule has 14 nitrogen and oxygen atoms in total. The van der Waals surface area contributed by atoms with Gasteiger partial charge in [-0.15, -0.1) is 0 Å². The van der Waals surface area contributed by atoms with E-state index < -0.39 is 39.2 Å². The molecular formula is C33H26ClF2N9O5S. The summed E-state index contributed by atoms with van der Waals surface area (Å²) >= 11 is 6.57. The van der Waals surface area contributed by atoms with Gasteiger partial charge in [-0.25, -0.2) is 27.2 Å². The number of aryl methyl sites for hydroxylation is 1. The van der Waals surface area contributed by atoms with E-state index >= 15 is 0 Å². The molecule has 4 aromatic heterocycles. The summed E-state index contributed by atoms with van der Waals surface area (Å²) in [5, 5.41) is 25.1. The summed E-state index contributed by atoms with van der Waals surface area (Å²) in [4.78, 5) is 37.2. The number of hydrogen-bond donors (Lipinski definition) is 4. The predicted octanol–water partition coefficient (Wildman–Crippen LogP) is 4.20. The van der Waals surface area contributed by atoms with Crippen molar-refractivity contribution in [2.75, 3.05) is 11.0 Å². The minimum Gasteiger partial charge on any atom is -0.508 e. The average molecular weight is 734 g/mol. The molecule has 0 saturated carbocycles. The first kappa shape index (κ1) is 33.6. The zero-order valence-corrected chi connectivity index (χ0v) is 28.2. The maximum Gasteiger partial charge on any atom is 0.267 e. The zero-order valence-electron chi connectivity index (χ0n) is 26.6. The van der Waals surface area contributed by atoms with E-state index in [1.165, 1.54) is 52.8 Å². The number of carbonyl (C=O) groups excluding carboxylic acids is 1. The van der Waals surface area contributed by atoms with E-state index in [-0.39, 0.29) is 68.4 Å². The van der Waals surface area contributed by atoms with Gasteiger partial charge in [0.1, 0.15) is 23.2 Å². The molecule has 0 radical (unpaired) electrons. The van der Waals surface area contributed by atoms with Crippen molar-refractivity contribution in [1.29, 1.82) is 0 Å². The molecule has 0 bridgehead atoms. The van der Waals surface area contributed by atoms with Crippen LogP contribution >= 0.6 is 11.6 Å². The van der Waals surface area contributed by atoms with Gasteiger partial charge in [-0.3, -0.25) is 28.7 Å². The van der Waals surface area contributed by atoms with Gasteiger partial charge in [0.15, 0.2) is 11.5 Å². The van der Waals surface area contributed by atoms with Crippen LogP contribution in [0.15, 0.2) is 71.7 Å². The third-order valence-corrected chi connectivity index (χ3v) is 8.95. The number of sulfonamides is 1. The Bertz CT molecular complexity index is 2690. The Morgan fingerprint density at radius 3 is 2.59 bits per heavy atom. The van der Waals surface area contributed by atoms with Gasteiger partial charge in [-0.1, -0.05) is 11.6 Å². The molecule has 260 valence electrons. The first-order chi connectivity index (χ1) is 24.3. The summed E-state index contributed by atoms with van der Waals surface area (Å²) < 4.78 is 58.2. The summed E-state index contributed by atoms with van der Waals surface area (Å²) in [6, 6.07) is 12.2. The van der Waals surface area contributed by atoms with Crippen LogP contribution in [-0.2, 0) is 34.7 Å². The van der Waals surface area contributed by atoms with Crippen molar-refractivity contribution in [3.05, 3.63) is 111 Å². The Hall–Kier alpha value is -5.94. The normalized spacial score (nSPS) is 12.5. The number of amides is 1. The van der Waals surface area contributed by atoms with Crippen molar-refractivity contribution in [2.45, 2.75) is 18.9 Å². The highest BCUT2D eigenvalue weighted by Gasteiger charge is 2.28. The molecule has 0 aliphatic heterocycles. The van der Waals surface area contributed by atoms with Crippen LogP contribution in [0.5, 0.6) is 5.75 Å². The number of phenolic OH excluding ortho intramolecular Hbond substituents is 1. The van der Waals surface area contributed by atoms with Gasteiger partial charge >= 0.3 is 0 Å². The lowest BCUT2D eigenvalue weighted by molar-refractivity contribution is -0.121. The van der Waals surface area contributed by atoms with E-state index in [0.29, 0.717) is 22.7 Å². The Labute approximate surface area is 291 Å². The molecule has 1 unspecified atom stereocenters. The Morgan fingerprint density at radius 1 is 1.08 bits per heavy atom. The first-order valence-corrected chi connectivity index (χ1v) is 17.4. The summed E-state index contributed by atoms with van der Waals surface area (Å²) in [7, 11) is -2.28. The SMILES string of the molecule is Cn1nc(NS(C)(=O)=O)c2c(Cl)ccc(-n3c(C(Cc4cc(F)cc(F)c4)NC(=O)Cc4n[nH]c5ccc(O)cc45)nc4ncccc4c3=O)c21. The second-order valence-electron chi connectivity index (χ2n) is 11.8. The number of fused-ring (bicyclic) bond motifs is 3. The van der Waals surface area contributed by atoms with Gasteiger partial charge < -0.3 is 10.4 Å². The van der Waals surface area contributed by atoms with Crippen LogP contribution in [-0.4, -0.2) is 60.2 Å². The molecule has 4 heterocycles. The van der Waals surface area contributed by atoms with Crippen LogP contribution in [0.25, 0.3) is 38.5 Å². The van der Waals surface area contributed by atoms with Gasteiger partial charge in [-0.2, -0.15) is 10.2 Å². The number of H-pyrrole nitrogens is 1. The number of pyridine rings is 1. The highest BCUT2D eigenvalue weighted by atomic mass is 35.5. The molecule has 0 saturated heterocycles. The summed E-state index contributed by atoms with van der Waals surface area (Å²) in [5.74, 6) is -2.52. The fourth-order valence-electron chi connectivity index (χ4n) is 6.05. The number of hydrogen-bond acceptors (Lipinski definition) is 9. The largest absolute Gasteiger partial charge is 0.508 e. The van der Waals surface area contributed by atoms with Crippen molar-refractivity contribution in [3.8, 4) is 11.4 Å². The molecule has 7 aromatic rings. The summed E-state index contributed by atoms with van der Waals surface area (Å²) in [6.45, 7) is 0. The summed E-state index contributed by atoms with van der Waals surface area (Å²) in [6.07, 6.45) is 1.85. The number of carbonyl (C=O) groups is 1. The number of aromatic amines is 1. The number of phenols is 1. The molecule has 0 aliphatic rings. The number of nitrogens with one attached hydrogen (secondary N) is 3. The van der Waals surface area contributed by atoms with E-state index in [0.717, 1.165) is 18.4 Å². The monoisotopic (exact) mass is 733 g/mol. The van der Waals surface area contributed by atoms with Crippen molar-refractivity contribution in [3.63, 3.8) is 0 Å². The minimum absolute atomic E-state index is 0.0295. The number of halogens is 3.